The van der Waals surface area contributed by atoms with Crippen LogP contribution < -0.4 is 4.74 Å². The van der Waals surface area contributed by atoms with Crippen LogP contribution in [0.15, 0.2) is 12.4 Å². The van der Waals surface area contributed by atoms with Gasteiger partial charge in [-0.2, -0.15) is 0 Å². The van der Waals surface area contributed by atoms with Crippen LogP contribution in [0, 0.1) is 6.92 Å². The van der Waals surface area contributed by atoms with Crippen molar-refractivity contribution < 1.29 is 4.74 Å². The average Bonchev–Trinajstić information content (AvgIpc) is 1.90. The van der Waals surface area contributed by atoms with Crippen LogP contribution in [0.4, 0.5) is 0 Å². The molecule has 0 aliphatic heterocycles. The van der Waals surface area contributed by atoms with Crippen molar-refractivity contribution >= 4 is 0 Å². The number of methoxy groups -OCH3 is 1. The summed E-state index contributed by atoms with van der Waals surface area (Å²) in [7, 11) is 1.57. The lowest BCUT2D eigenvalue weighted by Crippen LogP contribution is -1.88. The van der Waals surface area contributed by atoms with Gasteiger partial charge in [-0.05, 0) is 0 Å². The highest BCUT2D eigenvalue weighted by Crippen LogP contribution is 2.02. The second-order valence-electron chi connectivity index (χ2n) is 1.54. The Morgan fingerprint density at radius 3 is 2.44 bits per heavy atom. The molecule has 1 aromatic rings. The molecule has 0 N–H and O–H groups in total. The fourth-order valence-electron chi connectivity index (χ4n) is 0.448. The molecule has 0 unspecified atom stereocenters. The van der Waals surface area contributed by atoms with Crippen LogP contribution in [0.3, 0.4) is 0 Å². The number of aromatic nitrogens is 2. The first-order valence-corrected chi connectivity index (χ1v) is 2.51. The summed E-state index contributed by atoms with van der Waals surface area (Å²) in [6.07, 6.45) is 3.16. The molecule has 0 aromatic carbocycles. The molecule has 0 fully saturated rings. The molecule has 0 bridgehead atoms. The standard InChI is InChI=1S/C6H7N2O/c1-5-7-3-6(9-2)4-8-5/h3-4H,1H2,2H3. The third-order valence-corrected chi connectivity index (χ3v) is 0.917. The van der Waals surface area contributed by atoms with Crippen molar-refractivity contribution in [3.63, 3.8) is 0 Å². The van der Waals surface area contributed by atoms with Crippen molar-refractivity contribution in [2.45, 2.75) is 0 Å². The quantitative estimate of drug-likeness (QED) is 0.550. The summed E-state index contributed by atoms with van der Waals surface area (Å²) in [6, 6.07) is 0. The minimum atomic E-state index is 0.510. The van der Waals surface area contributed by atoms with Crippen molar-refractivity contribution in [1.82, 2.24) is 9.97 Å². The van der Waals surface area contributed by atoms with E-state index in [9.17, 15) is 0 Å². The minimum absolute atomic E-state index is 0.510. The molecule has 47 valence electrons. The average molecular weight is 123 g/mol. The topological polar surface area (TPSA) is 35.0 Å². The second-order valence-corrected chi connectivity index (χ2v) is 1.54. The summed E-state index contributed by atoms with van der Waals surface area (Å²) in [4.78, 5) is 7.61. The monoisotopic (exact) mass is 123 g/mol. The Morgan fingerprint density at radius 1 is 1.44 bits per heavy atom. The molecule has 1 heterocycles. The zero-order chi connectivity index (χ0) is 6.69. The molecule has 9 heavy (non-hydrogen) atoms. The highest BCUT2D eigenvalue weighted by atomic mass is 16.5. The number of hydrogen-bond acceptors (Lipinski definition) is 3. The van der Waals surface area contributed by atoms with E-state index >= 15 is 0 Å². The molecule has 1 radical (unpaired) electrons. The van der Waals surface area contributed by atoms with Crippen molar-refractivity contribution in [1.29, 1.82) is 0 Å². The van der Waals surface area contributed by atoms with Crippen LogP contribution in [-0.4, -0.2) is 17.1 Å². The molecule has 0 aliphatic carbocycles. The normalized spacial score (nSPS) is 9.11. The maximum Gasteiger partial charge on any atom is 0.155 e. The van der Waals surface area contributed by atoms with E-state index in [0.29, 0.717) is 11.6 Å². The zero-order valence-electron chi connectivity index (χ0n) is 5.16. The van der Waals surface area contributed by atoms with E-state index in [4.69, 9.17) is 4.74 Å². The molecule has 0 saturated heterocycles. The molecule has 3 heteroatoms. The Balaban J connectivity index is 2.88. The van der Waals surface area contributed by atoms with Gasteiger partial charge in [0.2, 0.25) is 0 Å². The van der Waals surface area contributed by atoms with Crippen molar-refractivity contribution in [3.05, 3.63) is 25.1 Å². The van der Waals surface area contributed by atoms with Gasteiger partial charge < -0.3 is 4.74 Å². The fourth-order valence-corrected chi connectivity index (χ4v) is 0.448. The van der Waals surface area contributed by atoms with Crippen LogP contribution in [0.5, 0.6) is 5.75 Å². The van der Waals surface area contributed by atoms with Crippen LogP contribution >= 0.6 is 0 Å². The lowest BCUT2D eigenvalue weighted by atomic mass is 10.6. The lowest BCUT2D eigenvalue weighted by Gasteiger charge is -1.95. The first-order chi connectivity index (χ1) is 4.33. The predicted molar refractivity (Wildman–Crippen MR) is 33.0 cm³/mol. The molecular weight excluding hydrogens is 116 g/mol. The molecule has 1 rings (SSSR count). The first kappa shape index (κ1) is 6.01. The summed E-state index contributed by atoms with van der Waals surface area (Å²) in [5.74, 6) is 1.17. The first-order valence-electron chi connectivity index (χ1n) is 2.51. The van der Waals surface area contributed by atoms with E-state index < -0.39 is 0 Å². The molecule has 0 spiro atoms. The molecule has 1 aromatic heterocycles. The number of rotatable bonds is 1. The fraction of sp³-hybridized carbons (Fsp3) is 0.167. The summed E-state index contributed by atoms with van der Waals surface area (Å²) >= 11 is 0. The summed E-state index contributed by atoms with van der Waals surface area (Å²) in [5.41, 5.74) is 0. The van der Waals surface area contributed by atoms with E-state index in [0.717, 1.165) is 0 Å². The molecule has 0 amide bonds. The Bertz CT molecular complexity index is 183. The van der Waals surface area contributed by atoms with Crippen molar-refractivity contribution in [2.24, 2.45) is 0 Å². The van der Waals surface area contributed by atoms with Gasteiger partial charge in [0.05, 0.1) is 19.5 Å². The Hall–Kier alpha value is -1.12. The molecule has 0 atom stereocenters. The predicted octanol–water partition coefficient (Wildman–Crippen LogP) is 0.667. The minimum Gasteiger partial charge on any atom is -0.494 e. The Labute approximate surface area is 53.7 Å². The van der Waals surface area contributed by atoms with Crippen molar-refractivity contribution in [2.75, 3.05) is 7.11 Å². The van der Waals surface area contributed by atoms with Gasteiger partial charge in [-0.1, -0.05) is 0 Å². The van der Waals surface area contributed by atoms with Gasteiger partial charge in [-0.15, -0.1) is 0 Å². The van der Waals surface area contributed by atoms with Crippen LogP contribution in [-0.2, 0) is 0 Å². The Morgan fingerprint density at radius 2 is 2.00 bits per heavy atom. The van der Waals surface area contributed by atoms with E-state index in [1.165, 1.54) is 0 Å². The second kappa shape index (κ2) is 2.44. The highest BCUT2D eigenvalue weighted by Gasteiger charge is 1.88. The van der Waals surface area contributed by atoms with Gasteiger partial charge in [0.25, 0.3) is 0 Å². The van der Waals surface area contributed by atoms with E-state index in [2.05, 4.69) is 16.9 Å². The van der Waals surface area contributed by atoms with Crippen molar-refractivity contribution in [3.8, 4) is 5.75 Å². The molecule has 0 saturated carbocycles. The molecular formula is C6H7N2O. The zero-order valence-corrected chi connectivity index (χ0v) is 5.16. The van der Waals surface area contributed by atoms with E-state index in [-0.39, 0.29) is 0 Å². The lowest BCUT2D eigenvalue weighted by molar-refractivity contribution is 0.410. The van der Waals surface area contributed by atoms with Crippen LogP contribution in [0.2, 0.25) is 0 Å². The summed E-state index contributed by atoms with van der Waals surface area (Å²) in [6.45, 7) is 3.52. The number of hydrogen-bond donors (Lipinski definition) is 0. The van der Waals surface area contributed by atoms with E-state index in [1.54, 1.807) is 19.5 Å². The van der Waals surface area contributed by atoms with Gasteiger partial charge in [-0.25, -0.2) is 9.97 Å². The van der Waals surface area contributed by atoms with Gasteiger partial charge >= 0.3 is 0 Å². The third kappa shape index (κ3) is 1.38. The SMILES string of the molecule is [CH2]c1ncc(OC)cn1. The Kier molecular flexibility index (Phi) is 1.63. The van der Waals surface area contributed by atoms with E-state index in [1.807, 2.05) is 0 Å². The third-order valence-electron chi connectivity index (χ3n) is 0.917. The van der Waals surface area contributed by atoms with Gasteiger partial charge in [0, 0.05) is 6.92 Å². The number of nitrogens with zero attached hydrogens (tertiary/aromatic N) is 2. The summed E-state index contributed by atoms with van der Waals surface area (Å²) in [5, 5.41) is 0. The van der Waals surface area contributed by atoms with Gasteiger partial charge in [0.15, 0.2) is 5.75 Å². The maximum atomic E-state index is 4.82. The van der Waals surface area contributed by atoms with Gasteiger partial charge in [-0.3, -0.25) is 0 Å². The molecule has 3 nitrogen and oxygen atoms in total. The smallest absolute Gasteiger partial charge is 0.155 e. The van der Waals surface area contributed by atoms with Crippen LogP contribution in [0.25, 0.3) is 0 Å². The number of ether oxygens (including phenoxy) is 1. The largest absolute Gasteiger partial charge is 0.494 e. The summed E-state index contributed by atoms with van der Waals surface area (Å²) < 4.78 is 4.82. The molecule has 0 aliphatic rings. The van der Waals surface area contributed by atoms with Crippen LogP contribution in [0.1, 0.15) is 5.82 Å². The maximum absolute atomic E-state index is 4.82. The highest BCUT2D eigenvalue weighted by molar-refractivity contribution is 5.12. The van der Waals surface area contributed by atoms with Gasteiger partial charge in [0.1, 0.15) is 5.82 Å².